The van der Waals surface area contributed by atoms with Crippen LogP contribution in [0.4, 0.5) is 29.0 Å². The van der Waals surface area contributed by atoms with Crippen LogP contribution in [0.25, 0.3) is 11.0 Å². The zero-order valence-corrected chi connectivity index (χ0v) is 36.7. The third kappa shape index (κ3) is 11.8. The summed E-state index contributed by atoms with van der Waals surface area (Å²) >= 11 is 5.86. The normalized spacial score (nSPS) is 14.4. The second-order valence-electron chi connectivity index (χ2n) is 15.6. The number of carbonyl (C=O) groups excluding carboxylic acids is 4. The summed E-state index contributed by atoms with van der Waals surface area (Å²) in [5, 5.41) is 12.7. The van der Waals surface area contributed by atoms with Crippen molar-refractivity contribution < 1.29 is 28.7 Å². The van der Waals surface area contributed by atoms with Crippen LogP contribution in [0.15, 0.2) is 71.9 Å². The number of para-hydroxylation sites is 1. The molecule has 64 heavy (non-hydrogen) atoms. The second kappa shape index (κ2) is 21.8. The highest BCUT2D eigenvalue weighted by molar-refractivity contribution is 6.30. The van der Waals surface area contributed by atoms with Crippen LogP contribution >= 0.6 is 11.6 Å². The molecule has 7 rings (SSSR count). The lowest BCUT2D eigenvalue weighted by Gasteiger charge is -2.35. The van der Waals surface area contributed by atoms with Gasteiger partial charge in [-0.15, -0.1) is 0 Å². The van der Waals surface area contributed by atoms with Crippen LogP contribution in [-0.4, -0.2) is 119 Å². The maximum atomic E-state index is 13.6. The van der Waals surface area contributed by atoms with E-state index in [4.69, 9.17) is 26.1 Å². The summed E-state index contributed by atoms with van der Waals surface area (Å²) in [5.41, 5.74) is 2.63. The standard InChI is InChI=1S/C45H52ClN11O7/c1-29-35-27-50-45(54-42(35)57(32-7-3-4-8-32)44(62)41(29)30(2)58)53-38-14-12-33(26-49-38)56-19-17-55(18-20-56)28-40(60)47-16-22-64-24-23-63-21-15-39(59)51-36-10-6-5-9-34(36)43(61)52-37-13-11-31(46)25-48-37/h5-6,9-14,25-27,32H,3-4,7-8,15-24,28H2,1-2H3,(H,47,60)(H,51,59)(H,48,52,61)(H,49,50,53,54). The van der Waals surface area contributed by atoms with E-state index in [-0.39, 0.29) is 66.5 Å². The highest BCUT2D eigenvalue weighted by Crippen LogP contribution is 2.32. The lowest BCUT2D eigenvalue weighted by atomic mass is 10.0. The first kappa shape index (κ1) is 45.7. The van der Waals surface area contributed by atoms with Gasteiger partial charge in [0.25, 0.3) is 11.5 Å². The van der Waals surface area contributed by atoms with Crippen LogP contribution in [0, 0.1) is 6.92 Å². The number of hydrogen-bond acceptors (Lipinski definition) is 14. The zero-order chi connectivity index (χ0) is 45.0. The molecule has 19 heteroatoms. The molecule has 4 aromatic heterocycles. The molecular weight excluding hydrogens is 842 g/mol. The quantitative estimate of drug-likeness (QED) is 0.0623. The van der Waals surface area contributed by atoms with Crippen molar-refractivity contribution in [3.63, 3.8) is 0 Å². The number of ketones is 1. The molecule has 5 aromatic rings. The highest BCUT2D eigenvalue weighted by Gasteiger charge is 2.26. The minimum atomic E-state index is -0.423. The van der Waals surface area contributed by atoms with E-state index in [9.17, 15) is 24.0 Å². The number of nitrogens with zero attached hydrogens (tertiary/aromatic N) is 7. The molecule has 0 spiro atoms. The maximum absolute atomic E-state index is 13.6. The number of fused-ring (bicyclic) bond motifs is 1. The Bertz CT molecular complexity index is 2510. The number of nitrogens with one attached hydrogen (secondary N) is 4. The van der Waals surface area contributed by atoms with Crippen molar-refractivity contribution in [3.05, 3.63) is 99.2 Å². The van der Waals surface area contributed by atoms with Gasteiger partial charge in [0.15, 0.2) is 5.78 Å². The summed E-state index contributed by atoms with van der Waals surface area (Å²) in [6, 6.07) is 13.7. The van der Waals surface area contributed by atoms with Crippen molar-refractivity contribution in [1.82, 2.24) is 34.7 Å². The van der Waals surface area contributed by atoms with Gasteiger partial charge in [-0.1, -0.05) is 36.6 Å². The van der Waals surface area contributed by atoms with E-state index < -0.39 is 5.91 Å². The Labute approximate surface area is 375 Å². The van der Waals surface area contributed by atoms with Crippen molar-refractivity contribution >= 4 is 75.1 Å². The molecule has 336 valence electrons. The average Bonchev–Trinajstić information content (AvgIpc) is 3.82. The number of halogens is 1. The lowest BCUT2D eigenvalue weighted by molar-refractivity contribution is -0.122. The van der Waals surface area contributed by atoms with Crippen LogP contribution < -0.4 is 31.7 Å². The molecular formula is C45H52ClN11O7. The number of ether oxygens (including phenoxy) is 2. The maximum Gasteiger partial charge on any atom is 0.263 e. The molecule has 4 N–H and O–H groups in total. The number of pyridine rings is 3. The number of carbonyl (C=O) groups is 4. The largest absolute Gasteiger partial charge is 0.379 e. The number of piperazine rings is 1. The fourth-order valence-corrected chi connectivity index (χ4v) is 7.99. The van der Waals surface area contributed by atoms with Crippen LogP contribution in [0.3, 0.4) is 0 Å². The minimum absolute atomic E-state index is 0.00847. The number of amides is 3. The summed E-state index contributed by atoms with van der Waals surface area (Å²) in [7, 11) is 0. The Morgan fingerprint density at radius 1 is 0.812 bits per heavy atom. The molecule has 18 nitrogen and oxygen atoms in total. The van der Waals surface area contributed by atoms with E-state index in [2.05, 4.69) is 46.0 Å². The van der Waals surface area contributed by atoms with Gasteiger partial charge in [-0.25, -0.2) is 15.0 Å². The minimum Gasteiger partial charge on any atom is -0.379 e. The van der Waals surface area contributed by atoms with Crippen molar-refractivity contribution in [1.29, 1.82) is 0 Å². The summed E-state index contributed by atoms with van der Waals surface area (Å²) < 4.78 is 12.8. The van der Waals surface area contributed by atoms with Gasteiger partial charge in [-0.2, -0.15) is 4.98 Å². The number of anilines is 5. The van der Waals surface area contributed by atoms with E-state index in [0.717, 1.165) is 44.5 Å². The van der Waals surface area contributed by atoms with E-state index in [1.807, 2.05) is 12.1 Å². The van der Waals surface area contributed by atoms with Crippen LogP contribution in [0.5, 0.6) is 0 Å². The van der Waals surface area contributed by atoms with Gasteiger partial charge in [0.2, 0.25) is 17.8 Å². The summed E-state index contributed by atoms with van der Waals surface area (Å²) in [4.78, 5) is 86.2. The molecule has 0 radical (unpaired) electrons. The van der Waals surface area contributed by atoms with Gasteiger partial charge < -0.3 is 35.6 Å². The van der Waals surface area contributed by atoms with Crippen molar-refractivity contribution in [2.24, 2.45) is 0 Å². The predicted molar refractivity (Wildman–Crippen MR) is 244 cm³/mol. The Kier molecular flexibility index (Phi) is 15.6. The van der Waals surface area contributed by atoms with Crippen molar-refractivity contribution in [2.45, 2.75) is 52.0 Å². The molecule has 1 saturated carbocycles. The summed E-state index contributed by atoms with van der Waals surface area (Å²) in [5.74, 6) is 0.136. The molecule has 0 unspecified atom stereocenters. The van der Waals surface area contributed by atoms with Crippen molar-refractivity contribution in [2.75, 3.05) is 86.5 Å². The molecule has 1 aromatic carbocycles. The molecule has 2 fully saturated rings. The molecule has 0 bridgehead atoms. The predicted octanol–water partition coefficient (Wildman–Crippen LogP) is 5.16. The van der Waals surface area contributed by atoms with E-state index in [0.29, 0.717) is 77.7 Å². The Hall–Kier alpha value is -6.34. The molecule has 1 aliphatic heterocycles. The number of aryl methyl sites for hydroxylation is 1. The van der Waals surface area contributed by atoms with E-state index in [1.165, 1.54) is 13.1 Å². The first-order chi connectivity index (χ1) is 31.0. The Morgan fingerprint density at radius 3 is 2.27 bits per heavy atom. The number of hydrogen-bond donors (Lipinski definition) is 4. The fourth-order valence-electron chi connectivity index (χ4n) is 7.88. The van der Waals surface area contributed by atoms with Crippen LogP contribution in [0.1, 0.15) is 71.3 Å². The molecule has 3 amide bonds. The molecule has 0 atom stereocenters. The third-order valence-electron chi connectivity index (χ3n) is 11.2. The fraction of sp³-hybridized carbons (Fsp3) is 0.400. The van der Waals surface area contributed by atoms with Gasteiger partial charge in [0, 0.05) is 56.5 Å². The highest BCUT2D eigenvalue weighted by atomic mass is 35.5. The Morgan fingerprint density at radius 2 is 1.55 bits per heavy atom. The summed E-state index contributed by atoms with van der Waals surface area (Å²) in [6.45, 7) is 7.79. The first-order valence-corrected chi connectivity index (χ1v) is 21.8. The van der Waals surface area contributed by atoms with E-state index >= 15 is 0 Å². The molecule has 1 saturated heterocycles. The smallest absolute Gasteiger partial charge is 0.263 e. The second-order valence-corrected chi connectivity index (χ2v) is 16.1. The van der Waals surface area contributed by atoms with Crippen LogP contribution in [0.2, 0.25) is 5.02 Å². The SMILES string of the molecule is CC(=O)c1c(C)c2cnc(Nc3ccc(N4CCN(CC(=O)NCCOCCOCCC(=O)Nc5ccccc5C(=O)Nc5ccc(Cl)cn5)CC4)cn3)nc2n(C2CCCC2)c1=O. The van der Waals surface area contributed by atoms with Gasteiger partial charge in [0.1, 0.15) is 17.3 Å². The van der Waals surface area contributed by atoms with Gasteiger partial charge in [0.05, 0.1) is 73.1 Å². The van der Waals surface area contributed by atoms with E-state index in [1.54, 1.807) is 60.3 Å². The number of benzene rings is 1. The Balaban J connectivity index is 0.763. The lowest BCUT2D eigenvalue weighted by Crippen LogP contribution is -2.49. The van der Waals surface area contributed by atoms with Gasteiger partial charge in [-0.3, -0.25) is 33.4 Å². The first-order valence-electron chi connectivity index (χ1n) is 21.4. The number of Topliss-reactive ketones (excluding diaryl/α,β-unsaturated/α-hetero) is 1. The monoisotopic (exact) mass is 893 g/mol. The summed E-state index contributed by atoms with van der Waals surface area (Å²) in [6.07, 6.45) is 8.76. The molecule has 2 aliphatic rings. The molecule has 5 heterocycles. The number of aromatic nitrogens is 5. The van der Waals surface area contributed by atoms with Crippen LogP contribution in [-0.2, 0) is 19.1 Å². The molecule has 1 aliphatic carbocycles. The van der Waals surface area contributed by atoms with Crippen molar-refractivity contribution in [3.8, 4) is 0 Å². The topological polar surface area (TPSA) is 215 Å². The van der Waals surface area contributed by atoms with Gasteiger partial charge in [-0.05, 0) is 68.7 Å². The number of rotatable bonds is 19. The van der Waals surface area contributed by atoms with Gasteiger partial charge >= 0.3 is 0 Å². The average molecular weight is 894 g/mol. The zero-order valence-electron chi connectivity index (χ0n) is 35.9. The third-order valence-corrected chi connectivity index (χ3v) is 11.4.